The van der Waals surface area contributed by atoms with Crippen molar-refractivity contribution < 1.29 is 66.7 Å². The van der Waals surface area contributed by atoms with Crippen molar-refractivity contribution in [2.75, 3.05) is 86.8 Å². The summed E-state index contributed by atoms with van der Waals surface area (Å²) >= 11 is 13.2. The molecule has 13 N–H and O–H groups in total. The zero-order chi connectivity index (χ0) is 67.4. The van der Waals surface area contributed by atoms with E-state index in [4.69, 9.17) is 48.7 Å². The van der Waals surface area contributed by atoms with Gasteiger partial charge in [-0.1, -0.05) is 26.0 Å². The van der Waals surface area contributed by atoms with Crippen molar-refractivity contribution in [3.05, 3.63) is 76.6 Å². The molecule has 4 heterocycles. The summed E-state index contributed by atoms with van der Waals surface area (Å²) in [6.07, 6.45) is 5.55. The van der Waals surface area contributed by atoms with Crippen LogP contribution in [0.1, 0.15) is 112 Å². The van der Waals surface area contributed by atoms with Gasteiger partial charge in [0.2, 0.25) is 29.5 Å². The minimum Gasteiger partial charge on any atom is -0.445 e. The molecule has 3 saturated carbocycles. The summed E-state index contributed by atoms with van der Waals surface area (Å²) in [4.78, 5) is 139. The highest BCUT2D eigenvalue weighted by atomic mass is 35.5. The predicted molar refractivity (Wildman–Crippen MR) is 352 cm³/mol. The Morgan fingerprint density at radius 2 is 1.31 bits per heavy atom. The number of urea groups is 1. The van der Waals surface area contributed by atoms with E-state index >= 15 is 0 Å². The molecule has 93 heavy (non-hydrogen) atoms. The molecular formula is C63H84Cl2N13O14P. The monoisotopic (exact) mass is 1350 g/mol. The van der Waals surface area contributed by atoms with Crippen LogP contribution in [-0.2, 0) is 39.9 Å². The molecule has 0 radical (unpaired) electrons. The number of aryl methyl sites for hydroxylation is 2. The Balaban J connectivity index is 0.781. The molecule has 0 spiro atoms. The number of H-pyrrole nitrogens is 2. The van der Waals surface area contributed by atoms with Crippen LogP contribution in [0.3, 0.4) is 0 Å². The van der Waals surface area contributed by atoms with Crippen LogP contribution >= 0.6 is 31.0 Å². The number of fused-ring (bicyclic) bond motifs is 6. The number of aromatic amines is 2. The van der Waals surface area contributed by atoms with Crippen molar-refractivity contribution in [3.8, 4) is 11.5 Å². The number of hydrogen-bond donors (Lipinski definition) is 11. The summed E-state index contributed by atoms with van der Waals surface area (Å²) in [5.41, 5.74) is 15.8. The van der Waals surface area contributed by atoms with Gasteiger partial charge in [-0.15, -0.1) is 23.2 Å². The number of alkyl halides is 2. The molecule has 10 rings (SSSR count). The van der Waals surface area contributed by atoms with Crippen molar-refractivity contribution in [3.63, 3.8) is 0 Å². The molecular weight excluding hydrogens is 1260 g/mol. The van der Waals surface area contributed by atoms with Crippen LogP contribution in [0.5, 0.6) is 11.5 Å². The normalized spacial score (nSPS) is 19.5. The summed E-state index contributed by atoms with van der Waals surface area (Å²) in [7, 11) is -1.91. The molecule has 5 aromatic rings. The van der Waals surface area contributed by atoms with Crippen molar-refractivity contribution >= 4 is 118 Å². The number of rotatable bonds is 29. The molecule has 3 aliphatic carbocycles. The van der Waals surface area contributed by atoms with Crippen LogP contribution in [0.15, 0.2) is 48.8 Å². The minimum atomic E-state index is -4.99. The van der Waals surface area contributed by atoms with Crippen LogP contribution in [0.2, 0.25) is 0 Å². The smallest absolute Gasteiger partial charge is 0.445 e. The van der Waals surface area contributed by atoms with Crippen molar-refractivity contribution in [2.24, 2.45) is 28.2 Å². The first-order valence-electron chi connectivity index (χ1n) is 31.2. The molecule has 5 aliphatic rings. The molecule has 2 aromatic heterocycles. The van der Waals surface area contributed by atoms with Gasteiger partial charge in [-0.2, -0.15) is 0 Å². The van der Waals surface area contributed by atoms with Gasteiger partial charge in [-0.05, 0) is 118 Å². The molecule has 504 valence electrons. The first-order valence-corrected chi connectivity index (χ1v) is 33.8. The second-order valence-electron chi connectivity index (χ2n) is 25.5. The number of nitrogens with zero attached hydrogens (tertiary/aromatic N) is 4. The van der Waals surface area contributed by atoms with Crippen LogP contribution in [0, 0.1) is 30.6 Å². The quantitative estimate of drug-likeness (QED) is 0.0134. The van der Waals surface area contributed by atoms with Gasteiger partial charge < -0.3 is 81.6 Å². The SMILES string of the molecule is CC(=O)N[C@@H](CCCCN)C(=O)N[C@H](C(=O)N[C@@H](CCCNC(N)=O)CNc1ccc(COC(=O)N(C)CCN(C)C(=O)Oc2cc3c(c4c(C)c[nH]c24)[C@H](CCl)CN3C(=O)C23CC(C(=O)N4C[C@@H](CCl)c5c4cc(OP(=O)(O)O)c4[nH]cc(C)c54)(C2)C3)cc1)C(C)C. The zero-order valence-electron chi connectivity index (χ0n) is 53.3. The number of phosphoric acid groups is 1. The van der Waals surface area contributed by atoms with E-state index in [0.717, 1.165) is 27.6 Å². The number of nitrogens with two attached hydrogens (primary N) is 2. The third-order valence-electron chi connectivity index (χ3n) is 18.2. The lowest BCUT2D eigenvalue weighted by Crippen LogP contribution is -2.73. The maximum atomic E-state index is 14.9. The summed E-state index contributed by atoms with van der Waals surface area (Å²) < 4.78 is 28.9. The first-order chi connectivity index (χ1) is 44.1. The maximum absolute atomic E-state index is 14.9. The van der Waals surface area contributed by atoms with Gasteiger partial charge in [0.05, 0.1) is 33.2 Å². The predicted octanol–water partition coefficient (Wildman–Crippen LogP) is 6.76. The Bertz CT molecular complexity index is 3710. The van der Waals surface area contributed by atoms with Crippen molar-refractivity contribution in [2.45, 2.75) is 123 Å². The highest BCUT2D eigenvalue weighted by molar-refractivity contribution is 7.46. The number of anilines is 3. The molecule has 5 atom stereocenters. The highest BCUT2D eigenvalue weighted by Crippen LogP contribution is 2.75. The van der Waals surface area contributed by atoms with E-state index in [0.29, 0.717) is 77.7 Å². The molecule has 2 aliphatic heterocycles. The van der Waals surface area contributed by atoms with Crippen LogP contribution in [0.4, 0.5) is 31.4 Å². The summed E-state index contributed by atoms with van der Waals surface area (Å²) in [5.74, 6) is -2.01. The number of ether oxygens (including phenoxy) is 2. The van der Waals surface area contributed by atoms with E-state index < -0.39 is 66.8 Å². The second kappa shape index (κ2) is 28.8. The summed E-state index contributed by atoms with van der Waals surface area (Å²) in [5, 5.41) is 15.9. The van der Waals surface area contributed by atoms with Gasteiger partial charge in [0.15, 0.2) is 11.5 Å². The third kappa shape index (κ3) is 15.1. The fourth-order valence-electron chi connectivity index (χ4n) is 13.5. The number of carbonyl (C=O) groups excluding carboxylic acids is 8. The van der Waals surface area contributed by atoms with Crippen molar-refractivity contribution in [1.82, 2.24) is 41.0 Å². The lowest BCUT2D eigenvalue weighted by atomic mass is 9.34. The standard InChI is InChI=1S/C63H84Cl2N13O14P/c1-34(2)52(74-55(80)43(72-37(5)79)12-8-9-17-66)56(81)73-42(11-10-18-68-59(67)84)27-69-41-15-13-38(14-16-41)30-90-60(85)75(6)19-20-76(7)61(86)91-46-21-44-50(48-35(3)25-70-53(46)48)39(23-64)28-77(44)57(82)62-31-63(32-62,33-62)58(83)78-29-40(24-65)51-45(78)22-47(92-93(87,88)89)54-49(51)36(4)26-71-54/h13-16,21-22,25-26,34,39-40,42-43,52,69-71H,8-12,17-20,23-24,27-33,66H2,1-7H3,(H,72,79)(H,73,81)(H,74,80)(H3,67,68,84)(H2,87,88,89)/t39-,40-,42+,43+,52+,62?,63?/m1/s1. The summed E-state index contributed by atoms with van der Waals surface area (Å²) in [6, 6.07) is 7.40. The Morgan fingerprint density at radius 3 is 1.83 bits per heavy atom. The Hall–Kier alpha value is -7.81. The number of amides is 9. The van der Waals surface area contributed by atoms with E-state index in [-0.39, 0.29) is 124 Å². The number of aromatic nitrogens is 2. The topological polar surface area (TPSA) is 379 Å². The average molecular weight is 1350 g/mol. The van der Waals surface area contributed by atoms with Gasteiger partial charge in [0, 0.05) is 131 Å². The number of carbonyl (C=O) groups is 8. The second-order valence-corrected chi connectivity index (χ2v) is 27.3. The highest BCUT2D eigenvalue weighted by Gasteiger charge is 2.76. The third-order valence-corrected chi connectivity index (χ3v) is 19.4. The van der Waals surface area contributed by atoms with Gasteiger partial charge in [-0.3, -0.25) is 33.8 Å². The van der Waals surface area contributed by atoms with E-state index in [1.807, 2.05) is 13.8 Å². The Labute approximate surface area is 548 Å². The molecule has 3 aromatic carbocycles. The molecule has 0 unspecified atom stereocenters. The lowest BCUT2D eigenvalue weighted by Gasteiger charge is -2.69. The lowest BCUT2D eigenvalue weighted by molar-refractivity contribution is -0.205. The first kappa shape index (κ1) is 69.5. The Kier molecular flexibility index (Phi) is 21.5. The van der Waals surface area contributed by atoms with Gasteiger partial charge >= 0.3 is 26.0 Å². The number of unbranched alkanes of at least 4 members (excludes halogenated alkanes) is 1. The van der Waals surface area contributed by atoms with E-state index in [1.165, 1.54) is 29.8 Å². The summed E-state index contributed by atoms with van der Waals surface area (Å²) in [6.45, 7) is 10.2. The number of benzene rings is 3. The number of nitrogens with one attached hydrogen (secondary N) is 7. The molecule has 27 nitrogen and oxygen atoms in total. The number of primary amides is 1. The van der Waals surface area contributed by atoms with Crippen LogP contribution < -0.4 is 57.1 Å². The van der Waals surface area contributed by atoms with E-state index in [1.54, 1.807) is 73.4 Å². The fourth-order valence-corrected chi connectivity index (χ4v) is 14.4. The zero-order valence-corrected chi connectivity index (χ0v) is 55.7. The Morgan fingerprint density at radius 1 is 0.763 bits per heavy atom. The van der Waals surface area contributed by atoms with Crippen molar-refractivity contribution in [1.29, 1.82) is 0 Å². The molecule has 2 bridgehead atoms. The molecule has 30 heteroatoms. The molecule has 3 fully saturated rings. The van der Waals surface area contributed by atoms with Gasteiger partial charge in [0.1, 0.15) is 18.7 Å². The number of likely N-dealkylation sites (N-methyl/N-ethyl adjacent to an activating group) is 2. The van der Waals surface area contributed by atoms with E-state index in [9.17, 15) is 52.7 Å². The van der Waals surface area contributed by atoms with Gasteiger partial charge in [0.25, 0.3) is 0 Å². The maximum Gasteiger partial charge on any atom is 0.524 e. The number of hydrogen-bond acceptors (Lipinski definition) is 14. The molecule has 0 saturated heterocycles. The fraction of sp³-hybridized carbons (Fsp3) is 0.524. The number of phosphoric ester groups is 1. The minimum absolute atomic E-state index is 0.0586. The van der Waals surface area contributed by atoms with Crippen LogP contribution in [0.25, 0.3) is 21.8 Å². The van der Waals surface area contributed by atoms with Crippen LogP contribution in [-0.4, -0.2) is 167 Å². The van der Waals surface area contributed by atoms with E-state index in [2.05, 4.69) is 36.6 Å². The largest absolute Gasteiger partial charge is 0.524 e. The van der Waals surface area contributed by atoms with Gasteiger partial charge in [-0.25, -0.2) is 18.9 Å². The molecule has 9 amide bonds. The number of halogens is 2. The average Bonchev–Trinajstić information content (AvgIpc) is 1.49.